The molecule has 0 radical (unpaired) electrons. The summed E-state index contributed by atoms with van der Waals surface area (Å²) in [5, 5.41) is 17.7. The van der Waals surface area contributed by atoms with E-state index in [-0.39, 0.29) is 18.0 Å². The van der Waals surface area contributed by atoms with Gasteiger partial charge in [0, 0.05) is 16.6 Å². The average Bonchev–Trinajstić information content (AvgIpc) is 3.13. The van der Waals surface area contributed by atoms with E-state index in [1.165, 1.54) is 4.31 Å². The fourth-order valence-electron chi connectivity index (χ4n) is 3.72. The molecule has 1 atom stereocenters. The first-order valence-electron chi connectivity index (χ1n) is 8.16. The quantitative estimate of drug-likeness (QED) is 0.660. The van der Waals surface area contributed by atoms with Gasteiger partial charge in [0.2, 0.25) is 10.0 Å². The van der Waals surface area contributed by atoms with Crippen molar-refractivity contribution in [2.75, 3.05) is 6.61 Å². The number of nitrogens with one attached hydrogen (secondary N) is 2. The maximum absolute atomic E-state index is 13.2. The third-order valence-corrected chi connectivity index (χ3v) is 7.06. The van der Waals surface area contributed by atoms with E-state index in [0.29, 0.717) is 17.8 Å². The van der Waals surface area contributed by atoms with Gasteiger partial charge in [-0.1, -0.05) is 18.2 Å². The van der Waals surface area contributed by atoms with E-state index < -0.39 is 16.1 Å². The molecule has 25 heavy (non-hydrogen) atoms. The molecule has 3 N–H and O–H groups in total. The van der Waals surface area contributed by atoms with Crippen LogP contribution in [0.2, 0.25) is 0 Å². The predicted octanol–water partition coefficient (Wildman–Crippen LogP) is 1.62. The third kappa shape index (κ3) is 2.40. The van der Waals surface area contributed by atoms with Crippen LogP contribution in [0.4, 0.5) is 0 Å². The molecule has 132 valence electrons. The molecule has 0 fully saturated rings. The normalized spacial score (nSPS) is 18.6. The summed E-state index contributed by atoms with van der Waals surface area (Å²) in [6.07, 6.45) is 0.477. The molecule has 0 spiro atoms. The van der Waals surface area contributed by atoms with Gasteiger partial charge >= 0.3 is 0 Å². The van der Waals surface area contributed by atoms with Gasteiger partial charge < -0.3 is 10.1 Å². The van der Waals surface area contributed by atoms with Gasteiger partial charge in [0.15, 0.2) is 0 Å². The van der Waals surface area contributed by atoms with Crippen molar-refractivity contribution >= 4 is 20.9 Å². The van der Waals surface area contributed by atoms with Crippen LogP contribution in [-0.4, -0.2) is 45.7 Å². The van der Waals surface area contributed by atoms with Crippen molar-refractivity contribution in [3.8, 4) is 0 Å². The second kappa shape index (κ2) is 5.69. The van der Waals surface area contributed by atoms with Gasteiger partial charge in [-0.25, -0.2) is 8.42 Å². The fraction of sp³-hybridized carbons (Fsp3) is 0.353. The number of para-hydroxylation sites is 1. The van der Waals surface area contributed by atoms with Gasteiger partial charge in [0.25, 0.3) is 0 Å². The van der Waals surface area contributed by atoms with Crippen molar-refractivity contribution in [1.29, 1.82) is 0 Å². The Kier molecular flexibility index (Phi) is 3.71. The van der Waals surface area contributed by atoms with Crippen LogP contribution < -0.4 is 0 Å². The highest BCUT2D eigenvalue weighted by molar-refractivity contribution is 7.89. The molecule has 3 aromatic rings. The fourth-order valence-corrected chi connectivity index (χ4v) is 5.64. The average molecular weight is 360 g/mol. The van der Waals surface area contributed by atoms with Gasteiger partial charge in [0.05, 0.1) is 30.6 Å². The molecule has 8 heteroatoms. The summed E-state index contributed by atoms with van der Waals surface area (Å²) in [5.41, 5.74) is 3.90. The second-order valence-corrected chi connectivity index (χ2v) is 8.31. The highest BCUT2D eigenvalue weighted by atomic mass is 32.2. The van der Waals surface area contributed by atoms with Crippen molar-refractivity contribution in [2.45, 2.75) is 37.8 Å². The number of hydrogen-bond acceptors (Lipinski definition) is 4. The Bertz CT molecular complexity index is 1030. The molecule has 0 bridgehead atoms. The molecule has 0 aliphatic carbocycles. The van der Waals surface area contributed by atoms with Crippen LogP contribution in [0.1, 0.15) is 22.6 Å². The van der Waals surface area contributed by atoms with Gasteiger partial charge in [-0.15, -0.1) is 0 Å². The standard InChI is InChI=1S/C17H20N4O3S/c1-10-17(11(2)20-19-10)25(23,24)21-8-16-14(7-12(21)9-22)13-5-3-4-6-15(13)18-16/h3-6,12,18,22H,7-9H2,1-2H3,(H,19,20). The molecule has 3 heterocycles. The lowest BCUT2D eigenvalue weighted by molar-refractivity contribution is 0.173. The van der Waals surface area contributed by atoms with Crippen molar-refractivity contribution in [3.05, 3.63) is 46.9 Å². The summed E-state index contributed by atoms with van der Waals surface area (Å²) in [7, 11) is -3.76. The topological polar surface area (TPSA) is 102 Å². The van der Waals surface area contributed by atoms with Gasteiger partial charge in [-0.3, -0.25) is 5.10 Å². The Morgan fingerprint density at radius 1 is 1.32 bits per heavy atom. The number of rotatable bonds is 3. The number of H-pyrrole nitrogens is 2. The Hall–Kier alpha value is -2.16. The maximum atomic E-state index is 13.2. The molecule has 0 saturated heterocycles. The van der Waals surface area contributed by atoms with Crippen LogP contribution in [-0.2, 0) is 23.0 Å². The van der Waals surface area contributed by atoms with E-state index in [2.05, 4.69) is 15.2 Å². The van der Waals surface area contributed by atoms with Crippen molar-refractivity contribution < 1.29 is 13.5 Å². The Morgan fingerprint density at radius 3 is 2.76 bits per heavy atom. The van der Waals surface area contributed by atoms with E-state index in [9.17, 15) is 13.5 Å². The maximum Gasteiger partial charge on any atom is 0.247 e. The first-order valence-corrected chi connectivity index (χ1v) is 9.60. The first-order chi connectivity index (χ1) is 11.9. The monoisotopic (exact) mass is 360 g/mol. The summed E-state index contributed by atoms with van der Waals surface area (Å²) >= 11 is 0. The third-order valence-electron chi connectivity index (χ3n) is 4.90. The summed E-state index contributed by atoms with van der Waals surface area (Å²) in [6.45, 7) is 3.34. The zero-order valence-electron chi connectivity index (χ0n) is 14.1. The molecular formula is C17H20N4O3S. The number of aliphatic hydroxyl groups excluding tert-OH is 1. The second-order valence-electron chi connectivity index (χ2n) is 6.48. The molecular weight excluding hydrogens is 340 g/mol. The molecule has 2 aromatic heterocycles. The summed E-state index contributed by atoms with van der Waals surface area (Å²) < 4.78 is 27.8. The molecule has 1 aliphatic heterocycles. The Labute approximate surface area is 145 Å². The predicted molar refractivity (Wildman–Crippen MR) is 93.7 cm³/mol. The van der Waals surface area contributed by atoms with Crippen LogP contribution in [0.25, 0.3) is 10.9 Å². The van der Waals surface area contributed by atoms with Crippen molar-refractivity contribution in [2.24, 2.45) is 0 Å². The molecule has 7 nitrogen and oxygen atoms in total. The van der Waals surface area contributed by atoms with Gasteiger partial charge in [-0.2, -0.15) is 9.40 Å². The number of benzene rings is 1. The Morgan fingerprint density at radius 2 is 2.08 bits per heavy atom. The zero-order valence-corrected chi connectivity index (χ0v) is 14.9. The largest absolute Gasteiger partial charge is 0.395 e. The number of sulfonamides is 1. The SMILES string of the molecule is Cc1n[nH]c(C)c1S(=O)(=O)N1Cc2[nH]c3ccccc3c2CC1CO. The Balaban J connectivity index is 1.83. The van der Waals surface area contributed by atoms with E-state index in [4.69, 9.17) is 0 Å². The first kappa shape index (κ1) is 16.3. The number of fused-ring (bicyclic) bond motifs is 3. The number of nitrogens with zero attached hydrogens (tertiary/aromatic N) is 2. The zero-order chi connectivity index (χ0) is 17.8. The van der Waals surface area contributed by atoms with E-state index in [0.717, 1.165) is 22.2 Å². The van der Waals surface area contributed by atoms with Crippen LogP contribution >= 0.6 is 0 Å². The van der Waals surface area contributed by atoms with E-state index in [1.807, 2.05) is 24.3 Å². The summed E-state index contributed by atoms with van der Waals surface area (Å²) in [6, 6.07) is 7.41. The lowest BCUT2D eigenvalue weighted by atomic mass is 9.99. The number of aryl methyl sites for hydroxylation is 2. The number of hydrogen-bond donors (Lipinski definition) is 3. The molecule has 1 aliphatic rings. The minimum atomic E-state index is -3.76. The highest BCUT2D eigenvalue weighted by Gasteiger charge is 2.39. The lowest BCUT2D eigenvalue weighted by Gasteiger charge is -2.33. The smallest absolute Gasteiger partial charge is 0.247 e. The summed E-state index contributed by atoms with van der Waals surface area (Å²) in [5.74, 6) is 0. The molecule has 1 unspecified atom stereocenters. The van der Waals surface area contributed by atoms with Gasteiger partial charge in [0.1, 0.15) is 4.90 Å². The number of aromatic amines is 2. The van der Waals surface area contributed by atoms with Crippen LogP contribution in [0.3, 0.4) is 0 Å². The van der Waals surface area contributed by atoms with Crippen LogP contribution in [0, 0.1) is 13.8 Å². The van der Waals surface area contributed by atoms with Crippen LogP contribution in [0.15, 0.2) is 29.2 Å². The lowest BCUT2D eigenvalue weighted by Crippen LogP contribution is -2.46. The number of aromatic nitrogens is 3. The summed E-state index contributed by atoms with van der Waals surface area (Å²) in [4.78, 5) is 3.53. The van der Waals surface area contributed by atoms with Gasteiger partial charge in [-0.05, 0) is 31.9 Å². The van der Waals surface area contributed by atoms with Crippen LogP contribution in [0.5, 0.6) is 0 Å². The number of aliphatic hydroxyl groups is 1. The minimum Gasteiger partial charge on any atom is -0.395 e. The minimum absolute atomic E-state index is 0.200. The van der Waals surface area contributed by atoms with Crippen molar-refractivity contribution in [3.63, 3.8) is 0 Å². The van der Waals surface area contributed by atoms with Crippen molar-refractivity contribution in [1.82, 2.24) is 19.5 Å². The highest BCUT2D eigenvalue weighted by Crippen LogP contribution is 2.34. The molecule has 0 amide bonds. The molecule has 1 aromatic carbocycles. The van der Waals surface area contributed by atoms with E-state index in [1.54, 1.807) is 13.8 Å². The molecule has 0 saturated carbocycles. The molecule has 4 rings (SSSR count). The van der Waals surface area contributed by atoms with E-state index >= 15 is 0 Å².